The van der Waals surface area contributed by atoms with Gasteiger partial charge in [-0.3, -0.25) is 0 Å². The molecule has 0 saturated carbocycles. The molecular formula is C12H13BrN2O. The fraction of sp³-hybridized carbons (Fsp3) is 0.417. The van der Waals surface area contributed by atoms with Gasteiger partial charge in [0, 0.05) is 16.4 Å². The summed E-state index contributed by atoms with van der Waals surface area (Å²) in [6.45, 7) is 4.58. The molecule has 3 nitrogen and oxygen atoms in total. The largest absolute Gasteiger partial charge is 0.383 e. The molecule has 0 unspecified atom stereocenters. The molecule has 84 valence electrons. The third-order valence-electron chi connectivity index (χ3n) is 2.71. The van der Waals surface area contributed by atoms with Crippen molar-refractivity contribution in [2.24, 2.45) is 5.41 Å². The minimum absolute atomic E-state index is 0.203. The van der Waals surface area contributed by atoms with Crippen LogP contribution >= 0.6 is 15.9 Å². The van der Waals surface area contributed by atoms with Crippen LogP contribution in [0.4, 0.5) is 5.69 Å². The molecule has 1 saturated heterocycles. The van der Waals surface area contributed by atoms with E-state index in [4.69, 9.17) is 10.00 Å². The van der Waals surface area contributed by atoms with Crippen LogP contribution in [0.15, 0.2) is 22.7 Å². The highest BCUT2D eigenvalue weighted by molar-refractivity contribution is 9.10. The van der Waals surface area contributed by atoms with Gasteiger partial charge >= 0.3 is 0 Å². The third kappa shape index (κ3) is 2.37. The van der Waals surface area contributed by atoms with E-state index in [9.17, 15) is 0 Å². The minimum Gasteiger partial charge on any atom is -0.383 e. The van der Waals surface area contributed by atoms with Crippen LogP contribution in [-0.2, 0) is 4.74 Å². The second-order valence-corrected chi connectivity index (χ2v) is 5.37. The van der Waals surface area contributed by atoms with E-state index in [-0.39, 0.29) is 5.41 Å². The van der Waals surface area contributed by atoms with Gasteiger partial charge in [-0.2, -0.15) is 5.26 Å². The highest BCUT2D eigenvalue weighted by atomic mass is 79.9. The van der Waals surface area contributed by atoms with Crippen LogP contribution in [0.2, 0.25) is 0 Å². The molecule has 0 amide bonds. The number of nitriles is 1. The molecule has 0 spiro atoms. The lowest BCUT2D eigenvalue weighted by Gasteiger charge is -2.38. The quantitative estimate of drug-likeness (QED) is 0.926. The number of ether oxygens (including phenoxy) is 1. The van der Waals surface area contributed by atoms with Crippen molar-refractivity contribution in [3.8, 4) is 6.07 Å². The van der Waals surface area contributed by atoms with E-state index in [2.05, 4.69) is 34.2 Å². The number of nitrogens with zero attached hydrogens (tertiary/aromatic N) is 1. The first-order valence-corrected chi connectivity index (χ1v) is 5.94. The topological polar surface area (TPSA) is 45.0 Å². The Kier molecular flexibility index (Phi) is 3.17. The molecule has 1 aliphatic heterocycles. The lowest BCUT2D eigenvalue weighted by molar-refractivity contribution is -0.0924. The van der Waals surface area contributed by atoms with Gasteiger partial charge in [0.25, 0.3) is 0 Å². The Morgan fingerprint density at radius 3 is 2.88 bits per heavy atom. The first kappa shape index (κ1) is 11.4. The summed E-state index contributed by atoms with van der Waals surface area (Å²) in [7, 11) is 0. The van der Waals surface area contributed by atoms with Gasteiger partial charge in [-0.25, -0.2) is 0 Å². The summed E-state index contributed by atoms with van der Waals surface area (Å²) in [5.41, 5.74) is 1.76. The normalized spacial score (nSPS) is 17.3. The number of hydrogen-bond acceptors (Lipinski definition) is 3. The Bertz CT molecular complexity index is 435. The van der Waals surface area contributed by atoms with Crippen molar-refractivity contribution in [3.63, 3.8) is 0 Å². The summed E-state index contributed by atoms with van der Waals surface area (Å²) < 4.78 is 6.17. The highest BCUT2D eigenvalue weighted by Gasteiger charge is 2.33. The zero-order valence-corrected chi connectivity index (χ0v) is 10.7. The van der Waals surface area contributed by atoms with Crippen molar-refractivity contribution in [1.29, 1.82) is 5.26 Å². The maximum absolute atomic E-state index is 8.98. The standard InChI is InChI=1S/C12H13BrN2O/c1-12(7-16-8-12)6-15-11-4-10(13)3-2-9(11)5-14/h2-4,15H,6-8H2,1H3. The van der Waals surface area contributed by atoms with Crippen LogP contribution in [0.1, 0.15) is 12.5 Å². The van der Waals surface area contributed by atoms with Gasteiger partial charge in [-0.1, -0.05) is 22.9 Å². The average Bonchev–Trinajstić information content (AvgIpc) is 2.24. The molecule has 2 rings (SSSR count). The summed E-state index contributed by atoms with van der Waals surface area (Å²) in [5, 5.41) is 12.3. The number of nitrogens with one attached hydrogen (secondary N) is 1. The Labute approximate surface area is 104 Å². The Morgan fingerprint density at radius 2 is 2.31 bits per heavy atom. The molecule has 1 aromatic rings. The van der Waals surface area contributed by atoms with Gasteiger partial charge in [0.15, 0.2) is 0 Å². The summed E-state index contributed by atoms with van der Waals surface area (Å²) in [5.74, 6) is 0. The first-order chi connectivity index (χ1) is 7.63. The Hall–Kier alpha value is -1.05. The molecule has 4 heteroatoms. The lowest BCUT2D eigenvalue weighted by atomic mass is 9.88. The number of hydrogen-bond donors (Lipinski definition) is 1. The fourth-order valence-electron chi connectivity index (χ4n) is 1.62. The monoisotopic (exact) mass is 280 g/mol. The second kappa shape index (κ2) is 4.44. The molecular weight excluding hydrogens is 268 g/mol. The van der Waals surface area contributed by atoms with Crippen molar-refractivity contribution in [3.05, 3.63) is 28.2 Å². The zero-order chi connectivity index (χ0) is 11.6. The van der Waals surface area contributed by atoms with Gasteiger partial charge < -0.3 is 10.1 Å². The average molecular weight is 281 g/mol. The van der Waals surface area contributed by atoms with Crippen LogP contribution in [0.25, 0.3) is 0 Å². The van der Waals surface area contributed by atoms with Gasteiger partial charge in [0.2, 0.25) is 0 Å². The second-order valence-electron chi connectivity index (χ2n) is 4.46. The lowest BCUT2D eigenvalue weighted by Crippen LogP contribution is -2.45. The number of anilines is 1. The third-order valence-corrected chi connectivity index (χ3v) is 3.20. The predicted octanol–water partition coefficient (Wildman–Crippen LogP) is 2.77. The molecule has 0 bridgehead atoms. The van der Waals surface area contributed by atoms with E-state index in [1.807, 2.05) is 18.2 Å². The van der Waals surface area contributed by atoms with Crippen LogP contribution in [0, 0.1) is 16.7 Å². The van der Waals surface area contributed by atoms with Gasteiger partial charge in [0.1, 0.15) is 6.07 Å². The van der Waals surface area contributed by atoms with E-state index in [1.54, 1.807) is 0 Å². The van der Waals surface area contributed by atoms with Crippen LogP contribution in [-0.4, -0.2) is 19.8 Å². The molecule has 16 heavy (non-hydrogen) atoms. The van der Waals surface area contributed by atoms with Crippen LogP contribution in [0.5, 0.6) is 0 Å². The number of rotatable bonds is 3. The summed E-state index contributed by atoms with van der Waals surface area (Å²) in [6.07, 6.45) is 0. The molecule has 0 radical (unpaired) electrons. The van der Waals surface area contributed by atoms with Crippen LogP contribution < -0.4 is 5.32 Å². The summed E-state index contributed by atoms with van der Waals surface area (Å²) >= 11 is 3.40. The first-order valence-electron chi connectivity index (χ1n) is 5.14. The van der Waals surface area contributed by atoms with E-state index in [0.717, 1.165) is 29.9 Å². The van der Waals surface area contributed by atoms with Gasteiger partial charge in [-0.15, -0.1) is 0 Å². The smallest absolute Gasteiger partial charge is 0.101 e. The van der Waals surface area contributed by atoms with E-state index in [1.165, 1.54) is 0 Å². The molecule has 1 fully saturated rings. The van der Waals surface area contributed by atoms with Crippen molar-refractivity contribution < 1.29 is 4.74 Å². The highest BCUT2D eigenvalue weighted by Crippen LogP contribution is 2.28. The predicted molar refractivity (Wildman–Crippen MR) is 66.3 cm³/mol. The van der Waals surface area contributed by atoms with Crippen molar-refractivity contribution in [2.75, 3.05) is 25.1 Å². The van der Waals surface area contributed by atoms with E-state index < -0.39 is 0 Å². The fourth-order valence-corrected chi connectivity index (χ4v) is 1.98. The summed E-state index contributed by atoms with van der Waals surface area (Å²) in [4.78, 5) is 0. The molecule has 0 aromatic heterocycles. The molecule has 1 heterocycles. The maximum Gasteiger partial charge on any atom is 0.101 e. The van der Waals surface area contributed by atoms with E-state index in [0.29, 0.717) is 5.56 Å². The van der Waals surface area contributed by atoms with E-state index >= 15 is 0 Å². The molecule has 0 aliphatic carbocycles. The summed E-state index contributed by atoms with van der Waals surface area (Å²) in [6, 6.07) is 7.80. The molecule has 1 aliphatic rings. The SMILES string of the molecule is CC1(CNc2cc(Br)ccc2C#N)COC1. The number of benzene rings is 1. The minimum atomic E-state index is 0.203. The van der Waals surface area contributed by atoms with Crippen molar-refractivity contribution >= 4 is 21.6 Å². The Morgan fingerprint density at radius 1 is 1.56 bits per heavy atom. The van der Waals surface area contributed by atoms with Gasteiger partial charge in [-0.05, 0) is 18.2 Å². The van der Waals surface area contributed by atoms with Gasteiger partial charge in [0.05, 0.1) is 24.5 Å². The van der Waals surface area contributed by atoms with Crippen molar-refractivity contribution in [1.82, 2.24) is 0 Å². The maximum atomic E-state index is 8.98. The van der Waals surface area contributed by atoms with Crippen LogP contribution in [0.3, 0.4) is 0 Å². The Balaban J connectivity index is 2.08. The molecule has 1 N–H and O–H groups in total. The molecule has 0 atom stereocenters. The number of halogens is 1. The molecule has 1 aromatic carbocycles. The van der Waals surface area contributed by atoms with Crippen molar-refractivity contribution in [2.45, 2.75) is 6.92 Å². The zero-order valence-electron chi connectivity index (χ0n) is 9.09.